The summed E-state index contributed by atoms with van der Waals surface area (Å²) in [6, 6.07) is 11.1. The van der Waals surface area contributed by atoms with E-state index in [1.54, 1.807) is 12.1 Å². The zero-order chi connectivity index (χ0) is 18.5. The number of benzene rings is 2. The van der Waals surface area contributed by atoms with E-state index in [-0.39, 0.29) is 5.56 Å². The fourth-order valence-corrected chi connectivity index (χ4v) is 3.88. The maximum atomic E-state index is 12.5. The number of amidine groups is 1. The molecule has 0 aliphatic carbocycles. The molecule has 2 aromatic carbocycles. The third-order valence-corrected chi connectivity index (χ3v) is 5.36. The lowest BCUT2D eigenvalue weighted by molar-refractivity contribution is 0.563. The standard InChI is InChI=1S/C19H12BrClN4O2/c20-10-2-4-14-11(8-10)16(21)15(19(26)27-14)18-24-12-3-1-9(7-13(12)25-18)17-22-5-6-23-17/h1-4,7-8H,5-6H2,(H,22,23)(H,24,25). The van der Waals surface area contributed by atoms with Crippen LogP contribution in [-0.2, 0) is 0 Å². The van der Waals surface area contributed by atoms with Gasteiger partial charge in [0.15, 0.2) is 0 Å². The minimum absolute atomic E-state index is 0.219. The van der Waals surface area contributed by atoms with Gasteiger partial charge >= 0.3 is 5.63 Å². The van der Waals surface area contributed by atoms with Gasteiger partial charge in [0.25, 0.3) is 0 Å². The largest absolute Gasteiger partial charge is 0.422 e. The lowest BCUT2D eigenvalue weighted by Crippen LogP contribution is -2.19. The molecule has 6 nitrogen and oxygen atoms in total. The van der Waals surface area contributed by atoms with Gasteiger partial charge in [0, 0.05) is 22.0 Å². The SMILES string of the molecule is O=c1oc2ccc(Br)cc2c(Cl)c1-c1nc2ccc(C3=NCCN3)cc2[nH]1. The monoisotopic (exact) mass is 442 g/mol. The van der Waals surface area contributed by atoms with Gasteiger partial charge in [-0.3, -0.25) is 4.99 Å². The van der Waals surface area contributed by atoms with Crippen molar-refractivity contribution >= 4 is 55.4 Å². The molecule has 5 rings (SSSR count). The Bertz CT molecular complexity index is 1310. The summed E-state index contributed by atoms with van der Waals surface area (Å²) in [5.41, 5.74) is 2.62. The molecule has 0 saturated carbocycles. The van der Waals surface area contributed by atoms with Crippen LogP contribution >= 0.6 is 27.5 Å². The molecule has 2 N–H and O–H groups in total. The summed E-state index contributed by atoms with van der Waals surface area (Å²) in [7, 11) is 0. The van der Waals surface area contributed by atoms with Crippen LogP contribution in [-0.4, -0.2) is 28.9 Å². The number of halogens is 2. The minimum Gasteiger partial charge on any atom is -0.422 e. The molecule has 0 spiro atoms. The first-order valence-electron chi connectivity index (χ1n) is 8.31. The van der Waals surface area contributed by atoms with E-state index in [0.29, 0.717) is 21.8 Å². The molecule has 8 heteroatoms. The van der Waals surface area contributed by atoms with Gasteiger partial charge in [-0.2, -0.15) is 0 Å². The molecule has 134 valence electrons. The maximum absolute atomic E-state index is 12.5. The number of nitrogens with zero attached hydrogens (tertiary/aromatic N) is 2. The molecule has 0 fully saturated rings. The fraction of sp³-hybridized carbons (Fsp3) is 0.105. The van der Waals surface area contributed by atoms with Crippen LogP contribution in [0.2, 0.25) is 5.02 Å². The predicted molar refractivity (Wildman–Crippen MR) is 110 cm³/mol. The highest BCUT2D eigenvalue weighted by Crippen LogP contribution is 2.32. The van der Waals surface area contributed by atoms with Crippen LogP contribution in [0.4, 0.5) is 0 Å². The molecule has 27 heavy (non-hydrogen) atoms. The van der Waals surface area contributed by atoms with Gasteiger partial charge in [-0.1, -0.05) is 27.5 Å². The molecule has 0 amide bonds. The van der Waals surface area contributed by atoms with Crippen molar-refractivity contribution in [2.45, 2.75) is 0 Å². The average Bonchev–Trinajstić information content (AvgIpc) is 3.31. The summed E-state index contributed by atoms with van der Waals surface area (Å²) in [5.74, 6) is 1.24. The topological polar surface area (TPSA) is 83.3 Å². The second-order valence-electron chi connectivity index (χ2n) is 6.19. The van der Waals surface area contributed by atoms with E-state index in [1.165, 1.54) is 0 Å². The Hall–Kier alpha value is -2.64. The molecule has 0 bridgehead atoms. The summed E-state index contributed by atoms with van der Waals surface area (Å²) in [6.07, 6.45) is 0. The summed E-state index contributed by atoms with van der Waals surface area (Å²) < 4.78 is 6.28. The lowest BCUT2D eigenvalue weighted by atomic mass is 10.2. The number of hydrogen-bond acceptors (Lipinski definition) is 5. The van der Waals surface area contributed by atoms with Gasteiger partial charge in [0.2, 0.25) is 0 Å². The van der Waals surface area contributed by atoms with E-state index in [2.05, 4.69) is 36.2 Å². The van der Waals surface area contributed by atoms with Crippen LogP contribution in [0.5, 0.6) is 0 Å². The third kappa shape index (κ3) is 2.74. The first kappa shape index (κ1) is 16.5. The van der Waals surface area contributed by atoms with E-state index in [4.69, 9.17) is 16.0 Å². The molecule has 2 aromatic heterocycles. The predicted octanol–water partition coefficient (Wildman–Crippen LogP) is 4.10. The number of hydrogen-bond donors (Lipinski definition) is 2. The van der Waals surface area contributed by atoms with Crippen LogP contribution < -0.4 is 10.9 Å². The molecule has 0 saturated heterocycles. The Labute approximate surface area is 166 Å². The molecule has 0 atom stereocenters. The van der Waals surface area contributed by atoms with Crippen LogP contribution in [0.15, 0.2) is 55.1 Å². The number of fused-ring (bicyclic) bond motifs is 2. The van der Waals surface area contributed by atoms with Gasteiger partial charge in [-0.05, 0) is 36.4 Å². The van der Waals surface area contributed by atoms with E-state index < -0.39 is 5.63 Å². The lowest BCUT2D eigenvalue weighted by Gasteiger charge is -2.04. The van der Waals surface area contributed by atoms with Crippen LogP contribution in [0.1, 0.15) is 5.56 Å². The molecule has 4 aromatic rings. The fourth-order valence-electron chi connectivity index (χ4n) is 3.21. The smallest absolute Gasteiger partial charge is 0.348 e. The Morgan fingerprint density at radius 3 is 2.89 bits per heavy atom. The number of aromatic amines is 1. The van der Waals surface area contributed by atoms with Crippen molar-refractivity contribution in [2.75, 3.05) is 13.1 Å². The van der Waals surface area contributed by atoms with E-state index in [9.17, 15) is 4.79 Å². The number of aromatic nitrogens is 2. The molecule has 1 aliphatic rings. The first-order chi connectivity index (χ1) is 13.1. The molecular formula is C19H12BrClN4O2. The van der Waals surface area contributed by atoms with Crippen molar-refractivity contribution in [1.82, 2.24) is 15.3 Å². The second-order valence-corrected chi connectivity index (χ2v) is 7.49. The molecular weight excluding hydrogens is 432 g/mol. The van der Waals surface area contributed by atoms with E-state index in [0.717, 1.165) is 40.0 Å². The van der Waals surface area contributed by atoms with Gasteiger partial charge in [0.1, 0.15) is 22.8 Å². The van der Waals surface area contributed by atoms with Crippen molar-refractivity contribution < 1.29 is 4.42 Å². The Balaban J connectivity index is 1.70. The third-order valence-electron chi connectivity index (χ3n) is 4.47. The van der Waals surface area contributed by atoms with Crippen molar-refractivity contribution in [3.63, 3.8) is 0 Å². The van der Waals surface area contributed by atoms with Gasteiger partial charge in [-0.25, -0.2) is 9.78 Å². The van der Waals surface area contributed by atoms with Crippen molar-refractivity contribution in [1.29, 1.82) is 0 Å². The number of H-pyrrole nitrogens is 1. The average molecular weight is 444 g/mol. The molecule has 3 heterocycles. The number of nitrogens with one attached hydrogen (secondary N) is 2. The number of imidazole rings is 1. The normalized spacial score (nSPS) is 13.9. The highest BCUT2D eigenvalue weighted by molar-refractivity contribution is 9.10. The Morgan fingerprint density at radius 1 is 1.19 bits per heavy atom. The van der Waals surface area contributed by atoms with Gasteiger partial charge in [-0.15, -0.1) is 0 Å². The number of aliphatic imine (C=N–C) groups is 1. The summed E-state index contributed by atoms with van der Waals surface area (Å²) in [5, 5.41) is 4.20. The van der Waals surface area contributed by atoms with Crippen LogP contribution in [0.25, 0.3) is 33.4 Å². The number of rotatable bonds is 2. The summed E-state index contributed by atoms with van der Waals surface area (Å²) in [6.45, 7) is 1.61. The maximum Gasteiger partial charge on any atom is 0.348 e. The van der Waals surface area contributed by atoms with Crippen molar-refractivity contribution in [2.24, 2.45) is 4.99 Å². The van der Waals surface area contributed by atoms with Gasteiger partial charge < -0.3 is 14.7 Å². The van der Waals surface area contributed by atoms with Crippen molar-refractivity contribution in [3.05, 3.63) is 61.9 Å². The summed E-state index contributed by atoms with van der Waals surface area (Å²) >= 11 is 9.96. The molecule has 0 unspecified atom stereocenters. The highest BCUT2D eigenvalue weighted by Gasteiger charge is 2.19. The van der Waals surface area contributed by atoms with Crippen molar-refractivity contribution in [3.8, 4) is 11.4 Å². The quantitative estimate of drug-likeness (QED) is 0.457. The Kier molecular flexibility index (Phi) is 3.80. The zero-order valence-electron chi connectivity index (χ0n) is 13.8. The van der Waals surface area contributed by atoms with Crippen LogP contribution in [0, 0.1) is 0 Å². The summed E-state index contributed by atoms with van der Waals surface area (Å²) in [4.78, 5) is 24.7. The highest BCUT2D eigenvalue weighted by atomic mass is 79.9. The van der Waals surface area contributed by atoms with E-state index in [1.807, 2.05) is 24.3 Å². The first-order valence-corrected chi connectivity index (χ1v) is 9.48. The minimum atomic E-state index is -0.532. The zero-order valence-corrected chi connectivity index (χ0v) is 16.2. The molecule has 1 aliphatic heterocycles. The molecule has 0 radical (unpaired) electrons. The van der Waals surface area contributed by atoms with Crippen LogP contribution in [0.3, 0.4) is 0 Å². The Morgan fingerprint density at radius 2 is 2.07 bits per heavy atom. The van der Waals surface area contributed by atoms with Gasteiger partial charge in [0.05, 0.1) is 22.6 Å². The second kappa shape index (κ2) is 6.21. The van der Waals surface area contributed by atoms with E-state index >= 15 is 0 Å².